The fraction of sp³-hybridized carbons (Fsp3) is 0.385. The van der Waals surface area contributed by atoms with E-state index in [4.69, 9.17) is 0 Å². The molecule has 1 aromatic rings. The lowest BCUT2D eigenvalue weighted by Gasteiger charge is -2.24. The molecule has 0 spiro atoms. The summed E-state index contributed by atoms with van der Waals surface area (Å²) in [6, 6.07) is 10.6. The van der Waals surface area contributed by atoms with Crippen LogP contribution in [0.5, 0.6) is 0 Å². The molecular formula is C13H16S3. The molecule has 1 aliphatic rings. The lowest BCUT2D eigenvalue weighted by molar-refractivity contribution is 0.884. The first kappa shape index (κ1) is 12.5. The third-order valence-electron chi connectivity index (χ3n) is 2.82. The Balaban J connectivity index is 1.99. The van der Waals surface area contributed by atoms with Gasteiger partial charge in [0.1, 0.15) is 0 Å². The molecule has 0 N–H and O–H groups in total. The Kier molecular flexibility index (Phi) is 4.34. The van der Waals surface area contributed by atoms with Crippen LogP contribution >= 0.6 is 35.3 Å². The maximum Gasteiger partial charge on any atom is 0.0685 e. The molecule has 0 aliphatic heterocycles. The molecule has 1 aromatic carbocycles. The average Bonchev–Trinajstić information content (AvgIpc) is 2.75. The lowest BCUT2D eigenvalue weighted by Crippen LogP contribution is -2.13. The minimum atomic E-state index is 0.400. The van der Waals surface area contributed by atoms with Gasteiger partial charge in [-0.05, 0) is 36.0 Å². The van der Waals surface area contributed by atoms with Crippen molar-refractivity contribution in [2.75, 3.05) is 12.5 Å². The Labute approximate surface area is 111 Å². The van der Waals surface area contributed by atoms with Crippen molar-refractivity contribution in [2.45, 2.75) is 21.8 Å². The van der Waals surface area contributed by atoms with Crippen LogP contribution in [0, 0.1) is 0 Å². The van der Waals surface area contributed by atoms with Gasteiger partial charge in [-0.25, -0.2) is 0 Å². The molecule has 16 heavy (non-hydrogen) atoms. The van der Waals surface area contributed by atoms with Gasteiger partial charge in [0.15, 0.2) is 0 Å². The summed E-state index contributed by atoms with van der Waals surface area (Å²) in [5, 5.41) is 0. The van der Waals surface area contributed by atoms with Crippen LogP contribution in [0.1, 0.15) is 12.8 Å². The van der Waals surface area contributed by atoms with Crippen molar-refractivity contribution in [3.05, 3.63) is 41.3 Å². The quantitative estimate of drug-likeness (QED) is 0.714. The largest absolute Gasteiger partial charge is 0.147 e. The number of benzene rings is 1. The minimum absolute atomic E-state index is 0.400. The normalized spacial score (nSPS) is 18.5. The van der Waals surface area contributed by atoms with Crippen LogP contribution < -0.4 is 0 Å². The zero-order valence-corrected chi connectivity index (χ0v) is 12.1. The van der Waals surface area contributed by atoms with Crippen LogP contribution in [0.2, 0.25) is 0 Å². The molecular weight excluding hydrogens is 252 g/mol. The highest BCUT2D eigenvalue weighted by molar-refractivity contribution is 8.17. The Hall–Kier alpha value is 0.01000. The van der Waals surface area contributed by atoms with Gasteiger partial charge in [-0.15, -0.1) is 23.5 Å². The molecule has 0 saturated heterocycles. The maximum atomic E-state index is 2.41. The maximum absolute atomic E-state index is 2.41. The van der Waals surface area contributed by atoms with E-state index in [-0.39, 0.29) is 0 Å². The monoisotopic (exact) mass is 268 g/mol. The fourth-order valence-corrected chi connectivity index (χ4v) is 4.82. The van der Waals surface area contributed by atoms with Gasteiger partial charge in [0, 0.05) is 11.3 Å². The van der Waals surface area contributed by atoms with Crippen molar-refractivity contribution in [3.63, 3.8) is 0 Å². The zero-order chi connectivity index (χ0) is 11.4. The van der Waals surface area contributed by atoms with Crippen molar-refractivity contribution < 1.29 is 0 Å². The third kappa shape index (κ3) is 2.82. The third-order valence-corrected chi connectivity index (χ3v) is 7.01. The fourth-order valence-electron chi connectivity index (χ4n) is 1.79. The van der Waals surface area contributed by atoms with Crippen LogP contribution in [0.15, 0.2) is 46.2 Å². The molecule has 3 heteroatoms. The predicted molar refractivity (Wildman–Crippen MR) is 79.4 cm³/mol. The van der Waals surface area contributed by atoms with E-state index in [2.05, 4.69) is 48.9 Å². The first-order chi connectivity index (χ1) is 7.78. The number of allylic oxidation sites excluding steroid dienone is 2. The lowest BCUT2D eigenvalue weighted by atomic mass is 10.3. The zero-order valence-electron chi connectivity index (χ0n) is 9.60. The number of thioether (sulfide) groups is 3. The van der Waals surface area contributed by atoms with E-state index in [1.165, 1.54) is 22.6 Å². The number of hydrogen-bond acceptors (Lipinski definition) is 3. The van der Waals surface area contributed by atoms with Crippen LogP contribution in [0.25, 0.3) is 0 Å². The van der Waals surface area contributed by atoms with Crippen molar-refractivity contribution in [3.8, 4) is 0 Å². The number of rotatable bonds is 4. The Morgan fingerprint density at radius 1 is 1.06 bits per heavy atom. The van der Waals surface area contributed by atoms with E-state index < -0.39 is 0 Å². The Morgan fingerprint density at radius 3 is 2.31 bits per heavy atom. The molecule has 0 radical (unpaired) electrons. The first-order valence-corrected chi connectivity index (χ1v) is 8.57. The van der Waals surface area contributed by atoms with Crippen LogP contribution in [0.3, 0.4) is 0 Å². The van der Waals surface area contributed by atoms with Crippen molar-refractivity contribution in [1.82, 2.24) is 0 Å². The molecule has 0 fully saturated rings. The molecule has 0 atom stereocenters. The highest BCUT2D eigenvalue weighted by Crippen LogP contribution is 2.50. The van der Waals surface area contributed by atoms with Gasteiger partial charge in [0.25, 0.3) is 0 Å². The summed E-state index contributed by atoms with van der Waals surface area (Å²) in [7, 11) is 0. The summed E-state index contributed by atoms with van der Waals surface area (Å²) >= 11 is 5.90. The molecule has 0 unspecified atom stereocenters. The summed E-state index contributed by atoms with van der Waals surface area (Å²) in [5.74, 6) is 0. The van der Waals surface area contributed by atoms with Gasteiger partial charge in [-0.1, -0.05) is 36.0 Å². The number of hydrogen-bond donors (Lipinski definition) is 0. The SMILES string of the molecule is CSC1(SC)CC=C(Sc2ccccc2)C1. The molecule has 0 nitrogen and oxygen atoms in total. The van der Waals surface area contributed by atoms with Gasteiger partial charge in [0.05, 0.1) is 4.08 Å². The Morgan fingerprint density at radius 2 is 1.75 bits per heavy atom. The molecule has 1 aliphatic carbocycles. The van der Waals surface area contributed by atoms with E-state index in [1.807, 2.05) is 35.3 Å². The minimum Gasteiger partial charge on any atom is -0.147 e. The summed E-state index contributed by atoms with van der Waals surface area (Å²) in [5.41, 5.74) is 0. The van der Waals surface area contributed by atoms with E-state index in [9.17, 15) is 0 Å². The predicted octanol–water partition coefficient (Wildman–Crippen LogP) is 4.88. The molecule has 0 saturated carbocycles. The summed E-state index contributed by atoms with van der Waals surface area (Å²) in [6.45, 7) is 0. The van der Waals surface area contributed by atoms with E-state index in [0.717, 1.165) is 0 Å². The summed E-state index contributed by atoms with van der Waals surface area (Å²) in [4.78, 5) is 2.88. The van der Waals surface area contributed by atoms with Gasteiger partial charge in [0.2, 0.25) is 0 Å². The van der Waals surface area contributed by atoms with Gasteiger partial charge < -0.3 is 0 Å². The van der Waals surface area contributed by atoms with E-state index in [0.29, 0.717) is 4.08 Å². The van der Waals surface area contributed by atoms with Gasteiger partial charge in [-0.3, -0.25) is 0 Å². The second-order valence-electron chi connectivity index (χ2n) is 3.79. The molecule has 0 aromatic heterocycles. The van der Waals surface area contributed by atoms with Crippen LogP contribution in [-0.2, 0) is 0 Å². The van der Waals surface area contributed by atoms with Gasteiger partial charge >= 0.3 is 0 Å². The second kappa shape index (κ2) is 5.56. The van der Waals surface area contributed by atoms with Crippen molar-refractivity contribution in [2.24, 2.45) is 0 Å². The summed E-state index contributed by atoms with van der Waals surface area (Å²) < 4.78 is 0.400. The van der Waals surface area contributed by atoms with Crippen molar-refractivity contribution in [1.29, 1.82) is 0 Å². The highest BCUT2D eigenvalue weighted by atomic mass is 32.2. The van der Waals surface area contributed by atoms with Crippen LogP contribution in [-0.4, -0.2) is 16.6 Å². The first-order valence-electron chi connectivity index (χ1n) is 5.30. The van der Waals surface area contributed by atoms with E-state index >= 15 is 0 Å². The molecule has 0 heterocycles. The molecule has 0 amide bonds. The molecule has 2 rings (SSSR count). The Bertz CT molecular complexity index is 366. The summed E-state index contributed by atoms with van der Waals surface area (Å²) in [6.07, 6.45) is 9.25. The van der Waals surface area contributed by atoms with Crippen LogP contribution in [0.4, 0.5) is 0 Å². The topological polar surface area (TPSA) is 0 Å². The molecule has 86 valence electrons. The van der Waals surface area contributed by atoms with E-state index in [1.54, 1.807) is 0 Å². The second-order valence-corrected chi connectivity index (χ2v) is 7.62. The van der Waals surface area contributed by atoms with Gasteiger partial charge in [-0.2, -0.15) is 0 Å². The average molecular weight is 268 g/mol. The smallest absolute Gasteiger partial charge is 0.0685 e. The van der Waals surface area contributed by atoms with Crippen molar-refractivity contribution >= 4 is 35.3 Å². The highest BCUT2D eigenvalue weighted by Gasteiger charge is 2.33. The molecule has 0 bridgehead atoms. The standard InChI is InChI=1S/C13H16S3/c1-14-13(15-2)9-8-12(10-13)16-11-6-4-3-5-7-11/h3-8H,9-10H2,1-2H3.